The summed E-state index contributed by atoms with van der Waals surface area (Å²) in [6.45, 7) is 3.23. The van der Waals surface area contributed by atoms with E-state index in [1.165, 1.54) is 11.3 Å². The summed E-state index contributed by atoms with van der Waals surface area (Å²) in [5.41, 5.74) is 1.82. The summed E-state index contributed by atoms with van der Waals surface area (Å²) in [6, 6.07) is 12.2. The highest BCUT2D eigenvalue weighted by atomic mass is 32.1. The van der Waals surface area contributed by atoms with Crippen molar-refractivity contribution in [3.63, 3.8) is 0 Å². The first-order chi connectivity index (χ1) is 16.0. The first kappa shape index (κ1) is 22.7. The van der Waals surface area contributed by atoms with E-state index < -0.39 is 0 Å². The van der Waals surface area contributed by atoms with E-state index in [-0.39, 0.29) is 30.1 Å². The molecule has 4 rings (SSSR count). The SMILES string of the molecule is CCCCN1CC(C(=O)Nc2ccc(C(=O)Nc3nc4ccc(OC)cc4s3)cc2)CC1=O. The highest BCUT2D eigenvalue weighted by Crippen LogP contribution is 2.29. The molecule has 2 heterocycles. The van der Waals surface area contributed by atoms with Gasteiger partial charge in [-0.05, 0) is 48.9 Å². The summed E-state index contributed by atoms with van der Waals surface area (Å²) >= 11 is 1.37. The molecule has 1 saturated heterocycles. The molecule has 2 aromatic carbocycles. The van der Waals surface area contributed by atoms with E-state index in [4.69, 9.17) is 4.74 Å². The molecule has 0 bridgehead atoms. The van der Waals surface area contributed by atoms with Crippen molar-refractivity contribution >= 4 is 50.1 Å². The number of amides is 3. The van der Waals surface area contributed by atoms with Crippen molar-refractivity contribution in [2.75, 3.05) is 30.8 Å². The van der Waals surface area contributed by atoms with Crippen LogP contribution in [0.4, 0.5) is 10.8 Å². The van der Waals surface area contributed by atoms with E-state index in [9.17, 15) is 14.4 Å². The molecule has 0 radical (unpaired) electrons. The number of methoxy groups -OCH3 is 1. The number of ether oxygens (including phenoxy) is 1. The zero-order valence-electron chi connectivity index (χ0n) is 18.6. The van der Waals surface area contributed by atoms with Gasteiger partial charge in [-0.15, -0.1) is 0 Å². The lowest BCUT2D eigenvalue weighted by Crippen LogP contribution is -2.29. The van der Waals surface area contributed by atoms with E-state index in [1.54, 1.807) is 36.3 Å². The highest BCUT2D eigenvalue weighted by Gasteiger charge is 2.33. The quantitative estimate of drug-likeness (QED) is 0.520. The van der Waals surface area contributed by atoms with Gasteiger partial charge in [0.05, 0.1) is 23.2 Å². The second kappa shape index (κ2) is 9.99. The lowest BCUT2D eigenvalue weighted by atomic mass is 10.1. The summed E-state index contributed by atoms with van der Waals surface area (Å²) in [5.74, 6) is -0.0486. The van der Waals surface area contributed by atoms with Crippen molar-refractivity contribution < 1.29 is 19.1 Å². The third-order valence-electron chi connectivity index (χ3n) is 5.60. The molecule has 1 aromatic heterocycles. The molecular weight excluding hydrogens is 440 g/mol. The zero-order valence-corrected chi connectivity index (χ0v) is 19.4. The Bertz CT molecular complexity index is 1170. The Morgan fingerprint density at radius 3 is 2.70 bits per heavy atom. The van der Waals surface area contributed by atoms with Gasteiger partial charge in [0.1, 0.15) is 5.75 Å². The number of aromatic nitrogens is 1. The van der Waals surface area contributed by atoms with E-state index in [0.29, 0.717) is 29.5 Å². The fourth-order valence-corrected chi connectivity index (χ4v) is 4.61. The van der Waals surface area contributed by atoms with Crippen LogP contribution in [0.2, 0.25) is 0 Å². The Balaban J connectivity index is 1.34. The average Bonchev–Trinajstić information content (AvgIpc) is 3.39. The Hall–Kier alpha value is -3.46. The van der Waals surface area contributed by atoms with Crippen LogP contribution in [0.25, 0.3) is 10.2 Å². The lowest BCUT2D eigenvalue weighted by Gasteiger charge is -2.16. The van der Waals surface area contributed by atoms with E-state index >= 15 is 0 Å². The first-order valence-electron chi connectivity index (χ1n) is 10.9. The minimum Gasteiger partial charge on any atom is -0.497 e. The van der Waals surface area contributed by atoms with Crippen molar-refractivity contribution in [1.82, 2.24) is 9.88 Å². The number of thiazole rings is 1. The Morgan fingerprint density at radius 2 is 1.97 bits per heavy atom. The number of hydrogen-bond acceptors (Lipinski definition) is 6. The van der Waals surface area contributed by atoms with Crippen molar-refractivity contribution in [3.05, 3.63) is 48.0 Å². The fraction of sp³-hybridized carbons (Fsp3) is 0.333. The predicted molar refractivity (Wildman–Crippen MR) is 129 cm³/mol. The number of nitrogens with one attached hydrogen (secondary N) is 2. The standard InChI is InChI=1S/C24H26N4O4S/c1-3-4-11-28-14-16(12-21(28)29)23(31)25-17-7-5-15(6-8-17)22(30)27-24-26-19-10-9-18(32-2)13-20(19)33-24/h5-10,13,16H,3-4,11-12,14H2,1-2H3,(H,25,31)(H,26,27,30). The number of unbranched alkanes of at least 4 members (excludes halogenated alkanes) is 1. The van der Waals surface area contributed by atoms with Crippen LogP contribution in [0.15, 0.2) is 42.5 Å². The topological polar surface area (TPSA) is 101 Å². The average molecular weight is 467 g/mol. The van der Waals surface area contributed by atoms with Gasteiger partial charge >= 0.3 is 0 Å². The number of nitrogens with zero attached hydrogens (tertiary/aromatic N) is 2. The molecule has 3 amide bonds. The van der Waals surface area contributed by atoms with Crippen molar-refractivity contribution in [2.45, 2.75) is 26.2 Å². The molecule has 0 saturated carbocycles. The molecular formula is C24H26N4O4S. The molecule has 1 unspecified atom stereocenters. The number of rotatable bonds is 8. The monoisotopic (exact) mass is 466 g/mol. The summed E-state index contributed by atoms with van der Waals surface area (Å²) in [4.78, 5) is 43.5. The van der Waals surface area contributed by atoms with Crippen molar-refractivity contribution in [3.8, 4) is 5.75 Å². The molecule has 33 heavy (non-hydrogen) atoms. The van der Waals surface area contributed by atoms with Crippen LogP contribution in [0.1, 0.15) is 36.5 Å². The zero-order chi connectivity index (χ0) is 23.4. The second-order valence-electron chi connectivity index (χ2n) is 7.97. The minimum atomic E-state index is -0.352. The van der Waals surface area contributed by atoms with Crippen LogP contribution >= 0.6 is 11.3 Å². The number of likely N-dealkylation sites (tertiary alicyclic amines) is 1. The van der Waals surface area contributed by atoms with Gasteiger partial charge in [-0.25, -0.2) is 4.98 Å². The Kier molecular flexibility index (Phi) is 6.88. The molecule has 9 heteroatoms. The largest absolute Gasteiger partial charge is 0.497 e. The van der Waals surface area contributed by atoms with Gasteiger partial charge in [-0.3, -0.25) is 19.7 Å². The van der Waals surface area contributed by atoms with Gasteiger partial charge in [0, 0.05) is 30.8 Å². The molecule has 3 aromatic rings. The van der Waals surface area contributed by atoms with Crippen molar-refractivity contribution in [1.29, 1.82) is 0 Å². The second-order valence-corrected chi connectivity index (χ2v) is 9.00. The fourth-order valence-electron chi connectivity index (χ4n) is 3.72. The maximum atomic E-state index is 12.6. The maximum absolute atomic E-state index is 12.6. The van der Waals surface area contributed by atoms with Crippen LogP contribution in [0.5, 0.6) is 5.75 Å². The number of benzene rings is 2. The van der Waals surface area contributed by atoms with Crippen LogP contribution in [0, 0.1) is 5.92 Å². The van der Waals surface area contributed by atoms with Gasteiger partial charge in [-0.2, -0.15) is 0 Å². The van der Waals surface area contributed by atoms with Gasteiger partial charge in [0.2, 0.25) is 11.8 Å². The van der Waals surface area contributed by atoms with Gasteiger partial charge in [0.25, 0.3) is 5.91 Å². The number of carbonyl (C=O) groups excluding carboxylic acids is 3. The van der Waals surface area contributed by atoms with Gasteiger partial charge in [-0.1, -0.05) is 24.7 Å². The van der Waals surface area contributed by atoms with Crippen LogP contribution in [-0.4, -0.2) is 47.8 Å². The summed E-state index contributed by atoms with van der Waals surface area (Å²) in [5, 5.41) is 6.17. The number of fused-ring (bicyclic) bond motifs is 1. The Labute approximate surface area is 195 Å². The smallest absolute Gasteiger partial charge is 0.257 e. The van der Waals surface area contributed by atoms with Crippen LogP contribution in [0.3, 0.4) is 0 Å². The third kappa shape index (κ3) is 5.31. The number of carbonyl (C=O) groups is 3. The Morgan fingerprint density at radius 1 is 1.18 bits per heavy atom. The molecule has 1 aliphatic rings. The molecule has 1 atom stereocenters. The maximum Gasteiger partial charge on any atom is 0.257 e. The first-order valence-corrected chi connectivity index (χ1v) is 11.7. The van der Waals surface area contributed by atoms with Crippen molar-refractivity contribution in [2.24, 2.45) is 5.92 Å². The summed E-state index contributed by atoms with van der Waals surface area (Å²) in [7, 11) is 1.60. The van der Waals surface area contributed by atoms with Gasteiger partial charge < -0.3 is 15.0 Å². The lowest BCUT2D eigenvalue weighted by molar-refractivity contribution is -0.128. The van der Waals surface area contributed by atoms with Gasteiger partial charge in [0.15, 0.2) is 5.13 Å². The normalized spacial score (nSPS) is 15.6. The molecule has 172 valence electrons. The highest BCUT2D eigenvalue weighted by molar-refractivity contribution is 7.22. The summed E-state index contributed by atoms with van der Waals surface area (Å²) < 4.78 is 6.14. The molecule has 0 spiro atoms. The number of hydrogen-bond donors (Lipinski definition) is 2. The predicted octanol–water partition coefficient (Wildman–Crippen LogP) is 4.14. The molecule has 0 aliphatic carbocycles. The summed E-state index contributed by atoms with van der Waals surface area (Å²) in [6.07, 6.45) is 2.19. The van der Waals surface area contributed by atoms with E-state index in [0.717, 1.165) is 28.8 Å². The number of anilines is 2. The molecule has 2 N–H and O–H groups in total. The molecule has 1 fully saturated rings. The molecule has 8 nitrogen and oxygen atoms in total. The van der Waals surface area contributed by atoms with E-state index in [2.05, 4.69) is 22.5 Å². The third-order valence-corrected chi connectivity index (χ3v) is 6.53. The van der Waals surface area contributed by atoms with E-state index in [1.807, 2.05) is 18.2 Å². The van der Waals surface area contributed by atoms with Crippen LogP contribution in [-0.2, 0) is 9.59 Å². The molecule has 1 aliphatic heterocycles. The minimum absolute atomic E-state index is 0.0314. The van der Waals surface area contributed by atoms with Crippen LogP contribution < -0.4 is 15.4 Å².